The second-order valence-electron chi connectivity index (χ2n) is 7.58. The van der Waals surface area contributed by atoms with Gasteiger partial charge in [0.05, 0.1) is 30.2 Å². The molecule has 0 bridgehead atoms. The van der Waals surface area contributed by atoms with Crippen LogP contribution in [0.25, 0.3) is 0 Å². The van der Waals surface area contributed by atoms with Gasteiger partial charge in [0.25, 0.3) is 0 Å². The summed E-state index contributed by atoms with van der Waals surface area (Å²) in [5.74, 6) is 0.0418. The van der Waals surface area contributed by atoms with Crippen LogP contribution < -0.4 is 5.32 Å². The Kier molecular flexibility index (Phi) is 4.81. The lowest BCUT2D eigenvalue weighted by Gasteiger charge is -2.39. The number of nitrogens with zero attached hydrogens (tertiary/aromatic N) is 4. The Balaban J connectivity index is 1.76. The van der Waals surface area contributed by atoms with E-state index < -0.39 is 0 Å². The molecule has 2 amide bonds. The van der Waals surface area contributed by atoms with Crippen LogP contribution >= 0.6 is 0 Å². The molecule has 8 heteroatoms. The highest BCUT2D eigenvalue weighted by Crippen LogP contribution is 2.49. The summed E-state index contributed by atoms with van der Waals surface area (Å²) in [5, 5.41) is 6.72. The predicted molar refractivity (Wildman–Crippen MR) is 90.6 cm³/mol. The summed E-state index contributed by atoms with van der Waals surface area (Å²) < 4.78 is 7.87. The zero-order chi connectivity index (χ0) is 18.1. The van der Waals surface area contributed by atoms with Crippen molar-refractivity contribution < 1.29 is 14.3 Å². The fourth-order valence-corrected chi connectivity index (χ4v) is 4.38. The van der Waals surface area contributed by atoms with Crippen molar-refractivity contribution in [2.45, 2.75) is 69.7 Å². The molecule has 1 aromatic rings. The van der Waals surface area contributed by atoms with Crippen LogP contribution in [0.4, 0.5) is 0 Å². The number of hydrogen-bond acceptors (Lipinski definition) is 5. The van der Waals surface area contributed by atoms with Crippen LogP contribution in [-0.2, 0) is 20.9 Å². The Morgan fingerprint density at radius 2 is 2.20 bits per heavy atom. The summed E-state index contributed by atoms with van der Waals surface area (Å²) in [4.78, 5) is 30.8. The average Bonchev–Trinajstić information content (AvgIpc) is 3.25. The molecule has 3 rings (SSSR count). The van der Waals surface area contributed by atoms with Gasteiger partial charge in [-0.1, -0.05) is 0 Å². The van der Waals surface area contributed by atoms with Gasteiger partial charge in [-0.15, -0.1) is 0 Å². The first kappa shape index (κ1) is 17.8. The van der Waals surface area contributed by atoms with Crippen LogP contribution in [-0.4, -0.2) is 62.3 Å². The summed E-state index contributed by atoms with van der Waals surface area (Å²) in [6, 6.07) is 0. The van der Waals surface area contributed by atoms with E-state index in [9.17, 15) is 9.59 Å². The third kappa shape index (κ3) is 3.53. The molecule has 2 fully saturated rings. The van der Waals surface area contributed by atoms with E-state index in [1.165, 1.54) is 6.33 Å². The zero-order valence-corrected chi connectivity index (χ0v) is 15.2. The van der Waals surface area contributed by atoms with E-state index in [1.54, 1.807) is 18.1 Å². The third-order valence-corrected chi connectivity index (χ3v) is 5.29. The van der Waals surface area contributed by atoms with Crippen molar-refractivity contribution in [2.75, 3.05) is 13.6 Å². The zero-order valence-electron chi connectivity index (χ0n) is 15.2. The number of nitrogens with one attached hydrogen (secondary N) is 1. The van der Waals surface area contributed by atoms with E-state index in [0.29, 0.717) is 13.0 Å². The number of aromatic nitrogens is 3. The highest BCUT2D eigenvalue weighted by Gasteiger charge is 2.58. The summed E-state index contributed by atoms with van der Waals surface area (Å²) in [5.41, 5.74) is -0.719. The Bertz CT molecular complexity index is 630. The molecule has 2 saturated heterocycles. The Labute approximate surface area is 147 Å². The molecule has 2 aliphatic rings. The van der Waals surface area contributed by atoms with Gasteiger partial charge in [-0.3, -0.25) is 14.3 Å². The van der Waals surface area contributed by atoms with E-state index in [4.69, 9.17) is 4.74 Å². The number of hydrogen-bond donors (Lipinski definition) is 1. The van der Waals surface area contributed by atoms with Gasteiger partial charge < -0.3 is 15.0 Å². The maximum Gasteiger partial charge on any atom is 0.224 e. The van der Waals surface area contributed by atoms with E-state index in [0.717, 1.165) is 25.8 Å². The molecule has 1 spiro atoms. The number of likely N-dealkylation sites (tertiary alicyclic amines) is 1. The standard InChI is InChI=1S/C17H27N5O3/c1-16(2)10-17(13(25-16)9-14(23)18-3)6-4-7-22(17)15(24)5-8-21-12-19-11-20-21/h11-13H,4-10H2,1-3H3,(H,18,23)/t13-,17+/m0/s1. The molecule has 0 aromatic carbocycles. The van der Waals surface area contributed by atoms with Crippen molar-refractivity contribution >= 4 is 11.8 Å². The van der Waals surface area contributed by atoms with Crippen LogP contribution in [0, 0.1) is 0 Å². The first-order valence-electron chi connectivity index (χ1n) is 8.88. The van der Waals surface area contributed by atoms with Gasteiger partial charge in [-0.05, 0) is 26.7 Å². The number of ether oxygens (including phenoxy) is 1. The van der Waals surface area contributed by atoms with Crippen LogP contribution in [0.3, 0.4) is 0 Å². The maximum atomic E-state index is 12.9. The van der Waals surface area contributed by atoms with Gasteiger partial charge in [-0.2, -0.15) is 5.10 Å². The SMILES string of the molecule is CNC(=O)C[C@@H]1OC(C)(C)C[C@]12CCCN2C(=O)CCn1cncn1. The van der Waals surface area contributed by atoms with Crippen molar-refractivity contribution in [1.82, 2.24) is 25.0 Å². The minimum absolute atomic E-state index is 0.0519. The number of carbonyl (C=O) groups excluding carboxylic acids is 2. The van der Waals surface area contributed by atoms with Crippen LogP contribution in [0.15, 0.2) is 12.7 Å². The highest BCUT2D eigenvalue weighted by molar-refractivity contribution is 5.79. The van der Waals surface area contributed by atoms with Crippen molar-refractivity contribution in [2.24, 2.45) is 0 Å². The summed E-state index contributed by atoms with van der Waals surface area (Å²) in [6.07, 6.45) is 6.06. The van der Waals surface area contributed by atoms with Gasteiger partial charge in [0.1, 0.15) is 12.7 Å². The molecule has 25 heavy (non-hydrogen) atoms. The van der Waals surface area contributed by atoms with E-state index in [2.05, 4.69) is 15.4 Å². The van der Waals surface area contributed by atoms with Crippen molar-refractivity contribution in [3.63, 3.8) is 0 Å². The quantitative estimate of drug-likeness (QED) is 0.847. The predicted octanol–water partition coefficient (Wildman–Crippen LogP) is 0.733. The van der Waals surface area contributed by atoms with Gasteiger partial charge >= 0.3 is 0 Å². The number of rotatable bonds is 5. The molecule has 3 heterocycles. The average molecular weight is 349 g/mol. The number of amides is 2. The second kappa shape index (κ2) is 6.74. The lowest BCUT2D eigenvalue weighted by molar-refractivity contribution is -0.140. The molecule has 0 saturated carbocycles. The molecule has 1 N–H and O–H groups in total. The van der Waals surface area contributed by atoms with E-state index in [-0.39, 0.29) is 35.5 Å². The number of carbonyl (C=O) groups is 2. The van der Waals surface area contributed by atoms with Crippen LogP contribution in [0.2, 0.25) is 0 Å². The lowest BCUT2D eigenvalue weighted by Crippen LogP contribution is -2.53. The molecule has 0 radical (unpaired) electrons. The minimum Gasteiger partial charge on any atom is -0.369 e. The molecular formula is C17H27N5O3. The number of aryl methyl sites for hydroxylation is 1. The third-order valence-electron chi connectivity index (χ3n) is 5.29. The fraction of sp³-hybridized carbons (Fsp3) is 0.765. The van der Waals surface area contributed by atoms with Crippen molar-refractivity contribution in [1.29, 1.82) is 0 Å². The van der Waals surface area contributed by atoms with Crippen molar-refractivity contribution in [3.8, 4) is 0 Å². The first-order chi connectivity index (χ1) is 11.9. The largest absolute Gasteiger partial charge is 0.369 e. The van der Waals surface area contributed by atoms with Gasteiger partial charge in [0, 0.05) is 26.4 Å². The Hall–Kier alpha value is -1.96. The molecule has 0 aliphatic carbocycles. The summed E-state index contributed by atoms with van der Waals surface area (Å²) in [7, 11) is 1.63. The Morgan fingerprint density at radius 3 is 2.88 bits per heavy atom. The second-order valence-corrected chi connectivity index (χ2v) is 7.58. The highest BCUT2D eigenvalue weighted by atomic mass is 16.5. The first-order valence-corrected chi connectivity index (χ1v) is 8.88. The van der Waals surface area contributed by atoms with Gasteiger partial charge in [-0.25, -0.2) is 4.98 Å². The molecular weight excluding hydrogens is 322 g/mol. The van der Waals surface area contributed by atoms with Crippen LogP contribution in [0.5, 0.6) is 0 Å². The lowest BCUT2D eigenvalue weighted by atomic mass is 9.82. The van der Waals surface area contributed by atoms with Gasteiger partial charge in [0.15, 0.2) is 0 Å². The monoisotopic (exact) mass is 349 g/mol. The molecule has 138 valence electrons. The Morgan fingerprint density at radius 1 is 1.40 bits per heavy atom. The smallest absolute Gasteiger partial charge is 0.224 e. The molecule has 2 atom stereocenters. The van der Waals surface area contributed by atoms with Gasteiger partial charge in [0.2, 0.25) is 11.8 Å². The van der Waals surface area contributed by atoms with E-state index >= 15 is 0 Å². The summed E-state index contributed by atoms with van der Waals surface area (Å²) in [6.45, 7) is 5.31. The van der Waals surface area contributed by atoms with Crippen LogP contribution in [0.1, 0.15) is 46.0 Å². The molecule has 0 unspecified atom stereocenters. The minimum atomic E-state index is -0.380. The van der Waals surface area contributed by atoms with E-state index in [1.807, 2.05) is 18.7 Å². The maximum absolute atomic E-state index is 12.9. The molecule has 8 nitrogen and oxygen atoms in total. The fourth-order valence-electron chi connectivity index (χ4n) is 4.38. The summed E-state index contributed by atoms with van der Waals surface area (Å²) >= 11 is 0. The normalized spacial score (nSPS) is 27.8. The molecule has 2 aliphatic heterocycles. The van der Waals surface area contributed by atoms with Crippen molar-refractivity contribution in [3.05, 3.63) is 12.7 Å². The topological polar surface area (TPSA) is 89.4 Å². The molecule has 1 aromatic heterocycles.